The Morgan fingerprint density at radius 1 is 1.12 bits per heavy atom. The van der Waals surface area contributed by atoms with Gasteiger partial charge < -0.3 is 19.7 Å². The third kappa shape index (κ3) is 5.29. The summed E-state index contributed by atoms with van der Waals surface area (Å²) in [5.41, 5.74) is 0.906. The lowest BCUT2D eigenvalue weighted by molar-refractivity contribution is -0.150. The van der Waals surface area contributed by atoms with Crippen LogP contribution in [0.15, 0.2) is 34.9 Å². The molecule has 10 heteroatoms. The number of carbonyl (C=O) groups is 4. The van der Waals surface area contributed by atoms with E-state index in [1.54, 1.807) is 17.0 Å². The van der Waals surface area contributed by atoms with E-state index in [-0.39, 0.29) is 27.8 Å². The number of nitriles is 1. The molecule has 2 rings (SSSR count). The van der Waals surface area contributed by atoms with Crippen molar-refractivity contribution in [2.24, 2.45) is 5.92 Å². The molecule has 0 aromatic heterocycles. The van der Waals surface area contributed by atoms with E-state index in [9.17, 15) is 24.4 Å². The van der Waals surface area contributed by atoms with Crippen LogP contribution in [0, 0.1) is 17.2 Å². The highest BCUT2D eigenvalue weighted by atomic mass is 32.2. The summed E-state index contributed by atoms with van der Waals surface area (Å²) in [5.74, 6) is -4.28. The van der Waals surface area contributed by atoms with Gasteiger partial charge in [0.2, 0.25) is 11.8 Å². The second kappa shape index (κ2) is 11.3. The minimum atomic E-state index is -1.29. The molecule has 32 heavy (non-hydrogen) atoms. The Bertz CT molecular complexity index is 963. The fourth-order valence-corrected chi connectivity index (χ4v) is 4.38. The zero-order valence-corrected chi connectivity index (χ0v) is 19.2. The van der Waals surface area contributed by atoms with Crippen molar-refractivity contribution in [3.63, 3.8) is 0 Å². The van der Waals surface area contributed by atoms with Crippen LogP contribution in [0.4, 0.5) is 0 Å². The first-order chi connectivity index (χ1) is 15.3. The quantitative estimate of drug-likeness (QED) is 0.461. The van der Waals surface area contributed by atoms with E-state index in [1.807, 2.05) is 13.8 Å². The highest BCUT2D eigenvalue weighted by Gasteiger charge is 2.44. The van der Waals surface area contributed by atoms with Gasteiger partial charge in [-0.05, 0) is 31.5 Å². The van der Waals surface area contributed by atoms with Gasteiger partial charge in [-0.3, -0.25) is 14.4 Å². The number of allylic oxidation sites excluding steroid dienone is 1. The molecule has 0 spiro atoms. The van der Waals surface area contributed by atoms with E-state index in [4.69, 9.17) is 4.74 Å². The molecular weight excluding hydrogens is 434 g/mol. The maximum absolute atomic E-state index is 12.8. The molecule has 1 aromatic carbocycles. The molecule has 1 aromatic rings. The molecule has 1 heterocycles. The summed E-state index contributed by atoms with van der Waals surface area (Å²) in [6.45, 7) is 4.82. The van der Waals surface area contributed by atoms with Crippen LogP contribution in [0.25, 0.3) is 0 Å². The Morgan fingerprint density at radius 2 is 1.75 bits per heavy atom. The molecule has 0 saturated heterocycles. The molecule has 0 bridgehead atoms. The van der Waals surface area contributed by atoms with Gasteiger partial charge in [-0.1, -0.05) is 23.9 Å². The van der Waals surface area contributed by atoms with Gasteiger partial charge in [0.05, 0.1) is 42.2 Å². The third-order valence-corrected chi connectivity index (χ3v) is 6.13. The Labute approximate surface area is 190 Å². The first-order valence-electron chi connectivity index (χ1n) is 9.94. The number of nitrogens with zero attached hydrogens (tertiary/aromatic N) is 2. The van der Waals surface area contributed by atoms with Crippen LogP contribution in [-0.2, 0) is 23.9 Å². The van der Waals surface area contributed by atoms with Crippen molar-refractivity contribution < 1.29 is 28.7 Å². The number of rotatable bonds is 8. The lowest BCUT2D eigenvalue weighted by Gasteiger charge is -2.31. The van der Waals surface area contributed by atoms with Crippen molar-refractivity contribution in [3.05, 3.63) is 46.0 Å². The molecule has 0 unspecified atom stereocenters. The molecular formula is C22H25N3O6S. The molecule has 0 aliphatic carbocycles. The van der Waals surface area contributed by atoms with Gasteiger partial charge in [-0.15, -0.1) is 0 Å². The molecule has 1 aliphatic heterocycles. The fourth-order valence-electron chi connectivity index (χ4n) is 3.43. The average molecular weight is 460 g/mol. The molecule has 2 atom stereocenters. The fraction of sp³-hybridized carbons (Fsp3) is 0.409. The van der Waals surface area contributed by atoms with Crippen molar-refractivity contribution >= 4 is 35.5 Å². The summed E-state index contributed by atoms with van der Waals surface area (Å²) in [6, 6.07) is 8.19. The average Bonchev–Trinajstić information content (AvgIpc) is 2.82. The summed E-state index contributed by atoms with van der Waals surface area (Å²) >= 11 is 1.04. The number of thioether (sulfide) groups is 1. The predicted molar refractivity (Wildman–Crippen MR) is 117 cm³/mol. The second-order valence-electron chi connectivity index (χ2n) is 6.79. The van der Waals surface area contributed by atoms with Gasteiger partial charge in [-0.2, -0.15) is 5.26 Å². The molecule has 1 N–H and O–H groups in total. The van der Waals surface area contributed by atoms with E-state index < -0.39 is 29.7 Å². The Balaban J connectivity index is 2.48. The molecule has 0 radical (unpaired) electrons. The van der Waals surface area contributed by atoms with Crippen LogP contribution in [0.2, 0.25) is 0 Å². The number of amides is 2. The summed E-state index contributed by atoms with van der Waals surface area (Å²) in [4.78, 5) is 51.0. The van der Waals surface area contributed by atoms with Crippen LogP contribution < -0.4 is 5.32 Å². The smallest absolute Gasteiger partial charge is 0.337 e. The Kier molecular flexibility index (Phi) is 8.84. The third-order valence-electron chi connectivity index (χ3n) is 5.13. The lowest BCUT2D eigenvalue weighted by atomic mass is 9.78. The highest BCUT2D eigenvalue weighted by molar-refractivity contribution is 8.03. The van der Waals surface area contributed by atoms with Gasteiger partial charge in [0.25, 0.3) is 0 Å². The number of esters is 2. The summed E-state index contributed by atoms with van der Waals surface area (Å²) in [5, 5.41) is 12.7. The standard InChI is InChI=1S/C22H25N3O6S/c1-5-25(6-2)16(26)12-32-20-15(11-23)17(18(19(27)24-20)22(29)31-4)13-7-9-14(10-8-13)21(28)30-3/h7-10,17-18H,5-6,12H2,1-4H3,(H,24,27)/t17-,18-/m0/s1. The maximum atomic E-state index is 12.8. The first kappa shape index (κ1) is 24.9. The van der Waals surface area contributed by atoms with E-state index in [1.165, 1.54) is 19.2 Å². The van der Waals surface area contributed by atoms with E-state index in [0.717, 1.165) is 18.9 Å². The van der Waals surface area contributed by atoms with Crippen molar-refractivity contribution in [1.29, 1.82) is 5.26 Å². The Hall–Kier alpha value is -3.32. The molecule has 1 aliphatic rings. The van der Waals surface area contributed by atoms with Gasteiger partial charge in [0.15, 0.2) is 0 Å². The topological polar surface area (TPSA) is 126 Å². The van der Waals surface area contributed by atoms with Crippen LogP contribution in [0.1, 0.15) is 35.7 Å². The molecule has 0 fully saturated rings. The number of hydrogen-bond donors (Lipinski definition) is 1. The predicted octanol–water partition coefficient (Wildman–Crippen LogP) is 1.81. The number of ether oxygens (including phenoxy) is 2. The normalized spacial score (nSPS) is 17.8. The largest absolute Gasteiger partial charge is 0.468 e. The minimum absolute atomic E-state index is 0.0271. The molecule has 9 nitrogen and oxygen atoms in total. The minimum Gasteiger partial charge on any atom is -0.468 e. The monoisotopic (exact) mass is 459 g/mol. The van der Waals surface area contributed by atoms with Gasteiger partial charge >= 0.3 is 11.9 Å². The number of benzene rings is 1. The van der Waals surface area contributed by atoms with Gasteiger partial charge in [-0.25, -0.2) is 4.79 Å². The van der Waals surface area contributed by atoms with Crippen LogP contribution in [-0.4, -0.2) is 61.7 Å². The molecule has 2 amide bonds. The van der Waals surface area contributed by atoms with Crippen LogP contribution >= 0.6 is 11.8 Å². The summed E-state index contributed by atoms with van der Waals surface area (Å²) in [7, 11) is 2.42. The second-order valence-corrected chi connectivity index (χ2v) is 7.78. The molecule has 0 saturated carbocycles. The van der Waals surface area contributed by atoms with Crippen LogP contribution in [0.3, 0.4) is 0 Å². The van der Waals surface area contributed by atoms with Crippen molar-refractivity contribution in [2.45, 2.75) is 19.8 Å². The number of carbonyl (C=O) groups excluding carboxylic acids is 4. The summed E-state index contributed by atoms with van der Waals surface area (Å²) in [6.07, 6.45) is 0. The number of nitrogens with one attached hydrogen (secondary N) is 1. The first-order valence-corrected chi connectivity index (χ1v) is 10.9. The SMILES string of the molecule is CCN(CC)C(=O)CSC1=C(C#N)[C@H](c2ccc(C(=O)OC)cc2)[C@H](C(=O)OC)C(=O)N1. The van der Waals surface area contributed by atoms with Crippen LogP contribution in [0.5, 0.6) is 0 Å². The Morgan fingerprint density at radius 3 is 2.25 bits per heavy atom. The maximum Gasteiger partial charge on any atom is 0.337 e. The van der Waals surface area contributed by atoms with E-state index in [2.05, 4.69) is 16.1 Å². The highest BCUT2D eigenvalue weighted by Crippen LogP contribution is 2.40. The van der Waals surface area contributed by atoms with E-state index in [0.29, 0.717) is 18.7 Å². The number of hydrogen-bond acceptors (Lipinski definition) is 8. The zero-order valence-electron chi connectivity index (χ0n) is 18.3. The van der Waals surface area contributed by atoms with Gasteiger partial charge in [0.1, 0.15) is 5.92 Å². The van der Waals surface area contributed by atoms with Gasteiger partial charge in [0, 0.05) is 19.0 Å². The van der Waals surface area contributed by atoms with Crippen molar-refractivity contribution in [3.8, 4) is 6.07 Å². The molecule has 170 valence electrons. The summed E-state index contributed by atoms with van der Waals surface area (Å²) < 4.78 is 9.49. The van der Waals surface area contributed by atoms with Crippen molar-refractivity contribution in [1.82, 2.24) is 10.2 Å². The van der Waals surface area contributed by atoms with Crippen molar-refractivity contribution in [2.75, 3.05) is 33.1 Å². The number of methoxy groups -OCH3 is 2. The van der Waals surface area contributed by atoms with E-state index >= 15 is 0 Å². The lowest BCUT2D eigenvalue weighted by Crippen LogP contribution is -2.44. The zero-order chi connectivity index (χ0) is 23.8.